The summed E-state index contributed by atoms with van der Waals surface area (Å²) in [6.45, 7) is 12.1. The van der Waals surface area contributed by atoms with Gasteiger partial charge in [0, 0.05) is 76.1 Å². The maximum atomic E-state index is 11.7. The smallest absolute Gasteiger partial charge is 0.317 e. The summed E-state index contributed by atoms with van der Waals surface area (Å²) >= 11 is 0. The maximum Gasteiger partial charge on any atom is 0.317 e. The first-order valence-electron chi connectivity index (χ1n) is 14.8. The normalized spacial score (nSPS) is 16.5. The Bertz CT molecular complexity index is 1340. The lowest BCUT2D eigenvalue weighted by Crippen LogP contribution is -2.47. The molecule has 1 aliphatic heterocycles. The lowest BCUT2D eigenvalue weighted by Gasteiger charge is -2.33. The molecule has 0 aliphatic carbocycles. The molecule has 0 atom stereocenters. The Hall–Kier alpha value is -3.83. The predicted molar refractivity (Wildman–Crippen MR) is 170 cm³/mol. The van der Waals surface area contributed by atoms with Gasteiger partial charge >= 0.3 is 11.9 Å². The summed E-state index contributed by atoms with van der Waals surface area (Å²) in [7, 11) is -1.55. The van der Waals surface area contributed by atoms with E-state index in [2.05, 4.69) is 55.9 Å². The highest BCUT2D eigenvalue weighted by Crippen LogP contribution is 2.10. The summed E-state index contributed by atoms with van der Waals surface area (Å²) in [6, 6.07) is 11.4. The largest absolute Gasteiger partial charge is 0.480 e. The summed E-state index contributed by atoms with van der Waals surface area (Å²) < 4.78 is 0. The number of pyridine rings is 2. The van der Waals surface area contributed by atoms with E-state index in [0.29, 0.717) is 71.1 Å². The SMILES string of the molecule is C[Si](C)(C)C#Cc1cccc(CN2CCN(CC(=O)O)CCN(Cc3cccc(CN=[N+]=[N-])n3)CCN(CC(=O)O)CC2)n1. The Balaban J connectivity index is 1.78. The molecule has 0 spiro atoms. The number of azide groups is 1. The molecular formula is C30H43N9O4Si. The Morgan fingerprint density at radius 2 is 1.25 bits per heavy atom. The van der Waals surface area contributed by atoms with E-state index in [9.17, 15) is 19.8 Å². The van der Waals surface area contributed by atoms with Gasteiger partial charge in [-0.15, -0.1) is 5.54 Å². The molecule has 1 saturated heterocycles. The van der Waals surface area contributed by atoms with Crippen molar-refractivity contribution in [1.29, 1.82) is 0 Å². The third-order valence-corrected chi connectivity index (χ3v) is 7.83. The van der Waals surface area contributed by atoms with Crippen molar-refractivity contribution in [3.05, 3.63) is 69.6 Å². The second-order valence-corrected chi connectivity index (χ2v) is 16.7. The van der Waals surface area contributed by atoms with Crippen LogP contribution in [0.15, 0.2) is 41.5 Å². The van der Waals surface area contributed by atoms with Crippen LogP contribution in [0, 0.1) is 11.5 Å². The molecule has 0 amide bonds. The van der Waals surface area contributed by atoms with Crippen molar-refractivity contribution in [2.75, 3.05) is 65.4 Å². The zero-order chi connectivity index (χ0) is 32.0. The van der Waals surface area contributed by atoms with Crippen LogP contribution in [0.1, 0.15) is 22.8 Å². The van der Waals surface area contributed by atoms with Gasteiger partial charge in [-0.25, -0.2) is 4.98 Å². The summed E-state index contributed by atoms with van der Waals surface area (Å²) in [6.07, 6.45) is 0. The van der Waals surface area contributed by atoms with Crippen molar-refractivity contribution in [3.63, 3.8) is 0 Å². The number of carbonyl (C=O) groups is 2. The number of nitrogens with zero attached hydrogens (tertiary/aromatic N) is 9. The average molecular weight is 622 g/mol. The van der Waals surface area contributed by atoms with Crippen LogP contribution in [0.2, 0.25) is 19.6 Å². The van der Waals surface area contributed by atoms with Crippen LogP contribution < -0.4 is 0 Å². The van der Waals surface area contributed by atoms with E-state index in [1.165, 1.54) is 0 Å². The second-order valence-electron chi connectivity index (χ2n) is 11.9. The molecule has 2 aromatic rings. The van der Waals surface area contributed by atoms with Crippen molar-refractivity contribution >= 4 is 20.0 Å². The van der Waals surface area contributed by atoms with E-state index in [1.807, 2.05) is 40.1 Å². The van der Waals surface area contributed by atoms with E-state index < -0.39 is 20.0 Å². The number of rotatable bonds is 10. The third-order valence-electron chi connectivity index (χ3n) is 6.95. The van der Waals surface area contributed by atoms with Gasteiger partial charge in [-0.05, 0) is 29.8 Å². The lowest BCUT2D eigenvalue weighted by molar-refractivity contribution is -0.139. The van der Waals surface area contributed by atoms with Crippen molar-refractivity contribution < 1.29 is 19.8 Å². The van der Waals surface area contributed by atoms with E-state index in [4.69, 9.17) is 10.5 Å². The zero-order valence-corrected chi connectivity index (χ0v) is 26.9. The Morgan fingerprint density at radius 3 is 1.73 bits per heavy atom. The molecule has 3 heterocycles. The molecule has 0 unspecified atom stereocenters. The van der Waals surface area contributed by atoms with Crippen molar-refractivity contribution in [2.24, 2.45) is 5.11 Å². The monoisotopic (exact) mass is 621 g/mol. The van der Waals surface area contributed by atoms with Crippen molar-refractivity contribution in [1.82, 2.24) is 29.6 Å². The first kappa shape index (κ1) is 34.7. The van der Waals surface area contributed by atoms with Crippen LogP contribution >= 0.6 is 0 Å². The molecule has 0 radical (unpaired) electrons. The number of aliphatic carboxylic acids is 2. The van der Waals surface area contributed by atoms with Gasteiger partial charge in [0.2, 0.25) is 0 Å². The third kappa shape index (κ3) is 13.6. The quantitative estimate of drug-likeness (QED) is 0.133. The summed E-state index contributed by atoms with van der Waals surface area (Å²) in [5.74, 6) is 1.45. The fraction of sp³-hybridized carbons (Fsp3) is 0.533. The van der Waals surface area contributed by atoms with Crippen LogP contribution in [0.4, 0.5) is 0 Å². The van der Waals surface area contributed by atoms with Gasteiger partial charge in [0.1, 0.15) is 13.8 Å². The van der Waals surface area contributed by atoms with Crippen LogP contribution in [0.25, 0.3) is 10.4 Å². The minimum atomic E-state index is -1.55. The average Bonchev–Trinajstić information content (AvgIpc) is 2.96. The van der Waals surface area contributed by atoms with Crippen LogP contribution in [0.5, 0.6) is 0 Å². The zero-order valence-electron chi connectivity index (χ0n) is 25.9. The van der Waals surface area contributed by atoms with Gasteiger partial charge in [0.25, 0.3) is 0 Å². The molecule has 2 aromatic heterocycles. The van der Waals surface area contributed by atoms with Gasteiger partial charge in [0.15, 0.2) is 0 Å². The Morgan fingerprint density at radius 1 is 0.795 bits per heavy atom. The highest BCUT2D eigenvalue weighted by molar-refractivity contribution is 6.83. The lowest BCUT2D eigenvalue weighted by atomic mass is 10.2. The van der Waals surface area contributed by atoms with E-state index >= 15 is 0 Å². The molecule has 44 heavy (non-hydrogen) atoms. The first-order chi connectivity index (χ1) is 21.0. The summed E-state index contributed by atoms with van der Waals surface area (Å²) in [5.41, 5.74) is 15.1. The van der Waals surface area contributed by atoms with Crippen molar-refractivity contribution in [2.45, 2.75) is 39.3 Å². The highest BCUT2D eigenvalue weighted by Gasteiger charge is 2.20. The van der Waals surface area contributed by atoms with Gasteiger partial charge in [-0.1, -0.05) is 42.8 Å². The molecule has 0 saturated carbocycles. The van der Waals surface area contributed by atoms with Crippen LogP contribution in [-0.2, 0) is 29.2 Å². The van der Waals surface area contributed by atoms with Gasteiger partial charge in [0.05, 0.1) is 31.0 Å². The highest BCUT2D eigenvalue weighted by atomic mass is 28.3. The van der Waals surface area contributed by atoms with Gasteiger partial charge in [-0.3, -0.25) is 34.2 Å². The molecule has 2 N–H and O–H groups in total. The summed E-state index contributed by atoms with van der Waals surface area (Å²) in [4.78, 5) is 43.9. The molecule has 1 aliphatic rings. The van der Waals surface area contributed by atoms with E-state index in [-0.39, 0.29) is 19.6 Å². The molecule has 236 valence electrons. The number of hydrogen-bond acceptors (Lipinski definition) is 9. The molecular weight excluding hydrogens is 578 g/mol. The number of carboxylic acids is 2. The molecule has 1 fully saturated rings. The predicted octanol–water partition coefficient (Wildman–Crippen LogP) is 2.61. The Labute approximate surface area is 260 Å². The molecule has 3 rings (SSSR count). The van der Waals surface area contributed by atoms with E-state index in [0.717, 1.165) is 17.1 Å². The molecule has 13 nitrogen and oxygen atoms in total. The fourth-order valence-electron chi connectivity index (χ4n) is 4.75. The number of aromatic nitrogens is 2. The topological polar surface area (TPSA) is 162 Å². The molecule has 0 bridgehead atoms. The van der Waals surface area contributed by atoms with Crippen molar-refractivity contribution in [3.8, 4) is 11.5 Å². The van der Waals surface area contributed by atoms with Gasteiger partial charge in [-0.2, -0.15) is 0 Å². The molecule has 0 aromatic carbocycles. The minimum Gasteiger partial charge on any atom is -0.480 e. The minimum absolute atomic E-state index is 0.0767. The summed E-state index contributed by atoms with van der Waals surface area (Å²) in [5, 5.41) is 22.8. The maximum absolute atomic E-state index is 11.7. The van der Waals surface area contributed by atoms with Crippen LogP contribution in [-0.4, -0.2) is 125 Å². The fourth-order valence-corrected chi connectivity index (χ4v) is 5.25. The Kier molecular flexibility index (Phi) is 13.8. The number of hydrogen-bond donors (Lipinski definition) is 2. The first-order valence-corrected chi connectivity index (χ1v) is 18.3. The van der Waals surface area contributed by atoms with Crippen LogP contribution in [0.3, 0.4) is 0 Å². The molecule has 14 heteroatoms. The number of carboxylic acid groups (broad SMARTS) is 2. The van der Waals surface area contributed by atoms with Gasteiger partial charge < -0.3 is 10.2 Å². The van der Waals surface area contributed by atoms with E-state index in [1.54, 1.807) is 6.07 Å². The second kappa shape index (κ2) is 17.5. The standard InChI is InChI=1S/C30H43N9O4Si/c1-44(2,3)19-10-25-6-4-8-27(33-25)21-36-11-15-38(23-29(40)41)17-13-37(14-18-39(16-12-36)24-30(42)43)22-28-9-5-7-26(34-28)20-32-35-31/h4-9H,11-18,20-24H2,1-3H3,(H,40,41)(H,42,43).